The molecule has 0 amide bonds. The van der Waals surface area contributed by atoms with Crippen LogP contribution in [-0.4, -0.2) is 12.1 Å². The van der Waals surface area contributed by atoms with Crippen molar-refractivity contribution in [2.75, 3.05) is 6.54 Å². The van der Waals surface area contributed by atoms with Crippen LogP contribution >= 0.6 is 0 Å². The number of hydrogen-bond donors (Lipinski definition) is 1. The summed E-state index contributed by atoms with van der Waals surface area (Å²) < 4.78 is 0. The first-order valence-corrected chi connectivity index (χ1v) is 9.75. The van der Waals surface area contributed by atoms with Crippen molar-refractivity contribution >= 4 is 0 Å². The third-order valence-electron chi connectivity index (χ3n) is 6.24. The SMILES string of the molecule is CCCCC(C)C(CC1CCNC1(CC)CCC)C(C)C. The molecule has 0 aromatic rings. The van der Waals surface area contributed by atoms with Crippen molar-refractivity contribution in [2.45, 2.75) is 98.4 Å². The molecular formula is C20H41N. The minimum absolute atomic E-state index is 0.451. The summed E-state index contributed by atoms with van der Waals surface area (Å²) in [6.45, 7) is 15.7. The van der Waals surface area contributed by atoms with Crippen molar-refractivity contribution in [1.29, 1.82) is 0 Å². The van der Waals surface area contributed by atoms with Crippen molar-refractivity contribution in [3.8, 4) is 0 Å². The van der Waals surface area contributed by atoms with Crippen molar-refractivity contribution in [1.82, 2.24) is 5.32 Å². The fourth-order valence-electron chi connectivity index (χ4n) is 4.82. The van der Waals surface area contributed by atoms with Crippen molar-refractivity contribution < 1.29 is 0 Å². The lowest BCUT2D eigenvalue weighted by Gasteiger charge is -2.39. The average molecular weight is 296 g/mol. The first-order valence-electron chi connectivity index (χ1n) is 9.75. The topological polar surface area (TPSA) is 12.0 Å². The Balaban J connectivity index is 2.73. The largest absolute Gasteiger partial charge is 0.311 e. The predicted molar refractivity (Wildman–Crippen MR) is 95.7 cm³/mol. The highest BCUT2D eigenvalue weighted by atomic mass is 15.0. The van der Waals surface area contributed by atoms with Gasteiger partial charge in [-0.25, -0.2) is 0 Å². The zero-order valence-corrected chi connectivity index (χ0v) is 15.7. The molecule has 1 aliphatic heterocycles. The normalized spacial score (nSPS) is 29.0. The zero-order valence-electron chi connectivity index (χ0n) is 15.7. The summed E-state index contributed by atoms with van der Waals surface area (Å²) in [6.07, 6.45) is 11.0. The van der Waals surface area contributed by atoms with E-state index in [1.165, 1.54) is 57.9 Å². The fraction of sp³-hybridized carbons (Fsp3) is 1.00. The molecule has 1 fully saturated rings. The van der Waals surface area contributed by atoms with Gasteiger partial charge in [0.1, 0.15) is 0 Å². The van der Waals surface area contributed by atoms with Gasteiger partial charge >= 0.3 is 0 Å². The highest BCUT2D eigenvalue weighted by Crippen LogP contribution is 2.41. The van der Waals surface area contributed by atoms with Crippen LogP contribution in [0.4, 0.5) is 0 Å². The maximum absolute atomic E-state index is 3.90. The molecule has 4 atom stereocenters. The Morgan fingerprint density at radius 1 is 1.10 bits per heavy atom. The van der Waals surface area contributed by atoms with E-state index in [9.17, 15) is 0 Å². The first-order chi connectivity index (χ1) is 10.0. The van der Waals surface area contributed by atoms with E-state index in [1.54, 1.807) is 0 Å². The van der Waals surface area contributed by atoms with E-state index in [0.717, 1.165) is 23.7 Å². The van der Waals surface area contributed by atoms with Crippen LogP contribution in [-0.2, 0) is 0 Å². The lowest BCUT2D eigenvalue weighted by Crippen LogP contribution is -2.45. The van der Waals surface area contributed by atoms with Gasteiger partial charge in [0.2, 0.25) is 0 Å². The van der Waals surface area contributed by atoms with Crippen LogP contribution in [0, 0.1) is 23.7 Å². The highest BCUT2D eigenvalue weighted by molar-refractivity contribution is 4.99. The second-order valence-electron chi connectivity index (χ2n) is 7.94. The third-order valence-corrected chi connectivity index (χ3v) is 6.24. The molecule has 0 radical (unpaired) electrons. The summed E-state index contributed by atoms with van der Waals surface area (Å²) in [5, 5.41) is 3.90. The molecule has 0 aromatic carbocycles. The Hall–Kier alpha value is -0.0400. The Kier molecular flexibility index (Phi) is 8.31. The Morgan fingerprint density at radius 2 is 1.81 bits per heavy atom. The Bertz CT molecular complexity index is 273. The molecule has 0 bridgehead atoms. The predicted octanol–water partition coefficient (Wildman–Crippen LogP) is 6.03. The molecule has 1 heteroatoms. The lowest BCUT2D eigenvalue weighted by molar-refractivity contribution is 0.151. The van der Waals surface area contributed by atoms with Crippen LogP contribution in [0.25, 0.3) is 0 Å². The van der Waals surface area contributed by atoms with Crippen molar-refractivity contribution in [3.05, 3.63) is 0 Å². The molecule has 1 rings (SSSR count). The van der Waals surface area contributed by atoms with Gasteiger partial charge in [0.05, 0.1) is 0 Å². The molecule has 1 aliphatic rings. The number of hydrogen-bond acceptors (Lipinski definition) is 1. The maximum Gasteiger partial charge on any atom is 0.0207 e. The molecule has 0 aliphatic carbocycles. The molecule has 126 valence electrons. The third kappa shape index (κ3) is 4.98. The minimum atomic E-state index is 0.451. The molecule has 1 heterocycles. The van der Waals surface area contributed by atoms with Crippen molar-refractivity contribution in [2.24, 2.45) is 23.7 Å². The van der Waals surface area contributed by atoms with E-state index in [4.69, 9.17) is 0 Å². The van der Waals surface area contributed by atoms with Gasteiger partial charge in [-0.3, -0.25) is 0 Å². The van der Waals surface area contributed by atoms with Crippen LogP contribution in [0.15, 0.2) is 0 Å². The molecule has 0 aromatic heterocycles. The fourth-order valence-corrected chi connectivity index (χ4v) is 4.82. The summed E-state index contributed by atoms with van der Waals surface area (Å²) in [7, 11) is 0. The molecule has 0 spiro atoms. The van der Waals surface area contributed by atoms with Crippen LogP contribution in [0.1, 0.15) is 92.9 Å². The summed E-state index contributed by atoms with van der Waals surface area (Å²) in [5.41, 5.74) is 0.451. The van der Waals surface area contributed by atoms with E-state index >= 15 is 0 Å². The summed E-state index contributed by atoms with van der Waals surface area (Å²) >= 11 is 0. The maximum atomic E-state index is 3.90. The standard InChI is InChI=1S/C20H41N/c1-7-10-11-17(6)19(16(4)5)15-18-12-14-21-20(18,9-3)13-8-2/h16-19,21H,7-15H2,1-6H3. The molecule has 1 N–H and O–H groups in total. The average Bonchev–Trinajstić information content (AvgIpc) is 2.85. The van der Waals surface area contributed by atoms with E-state index in [-0.39, 0.29) is 0 Å². The second kappa shape index (κ2) is 9.18. The van der Waals surface area contributed by atoms with Gasteiger partial charge < -0.3 is 5.32 Å². The second-order valence-corrected chi connectivity index (χ2v) is 7.94. The van der Waals surface area contributed by atoms with E-state index in [2.05, 4.69) is 46.9 Å². The van der Waals surface area contributed by atoms with E-state index in [0.29, 0.717) is 5.54 Å². The van der Waals surface area contributed by atoms with Gasteiger partial charge in [-0.05, 0) is 55.9 Å². The van der Waals surface area contributed by atoms with Crippen LogP contribution < -0.4 is 5.32 Å². The molecule has 21 heavy (non-hydrogen) atoms. The first kappa shape index (κ1) is 19.0. The molecule has 0 saturated carbocycles. The lowest BCUT2D eigenvalue weighted by atomic mass is 9.70. The summed E-state index contributed by atoms with van der Waals surface area (Å²) in [4.78, 5) is 0. The van der Waals surface area contributed by atoms with E-state index in [1.807, 2.05) is 0 Å². The van der Waals surface area contributed by atoms with Gasteiger partial charge in [-0.15, -0.1) is 0 Å². The quantitative estimate of drug-likeness (QED) is 0.518. The zero-order chi connectivity index (χ0) is 15.9. The van der Waals surface area contributed by atoms with Crippen LogP contribution in [0.3, 0.4) is 0 Å². The highest BCUT2D eigenvalue weighted by Gasteiger charge is 2.41. The molecule has 4 unspecified atom stereocenters. The van der Waals surface area contributed by atoms with Crippen molar-refractivity contribution in [3.63, 3.8) is 0 Å². The van der Waals surface area contributed by atoms with Gasteiger partial charge in [0.25, 0.3) is 0 Å². The Morgan fingerprint density at radius 3 is 2.33 bits per heavy atom. The van der Waals surface area contributed by atoms with Crippen LogP contribution in [0.2, 0.25) is 0 Å². The Labute approximate surface area is 134 Å². The molecule has 1 nitrogen and oxygen atoms in total. The number of nitrogens with one attached hydrogen (secondary N) is 1. The van der Waals surface area contributed by atoms with Gasteiger partial charge in [0.15, 0.2) is 0 Å². The van der Waals surface area contributed by atoms with Crippen LogP contribution in [0.5, 0.6) is 0 Å². The summed E-state index contributed by atoms with van der Waals surface area (Å²) in [6, 6.07) is 0. The smallest absolute Gasteiger partial charge is 0.0207 e. The minimum Gasteiger partial charge on any atom is -0.311 e. The summed E-state index contributed by atoms with van der Waals surface area (Å²) in [5.74, 6) is 3.53. The molecular weight excluding hydrogens is 254 g/mol. The number of unbranched alkanes of at least 4 members (excludes halogenated alkanes) is 1. The monoisotopic (exact) mass is 295 g/mol. The molecule has 1 saturated heterocycles. The van der Waals surface area contributed by atoms with Gasteiger partial charge in [0, 0.05) is 5.54 Å². The van der Waals surface area contributed by atoms with Gasteiger partial charge in [-0.1, -0.05) is 67.2 Å². The van der Waals surface area contributed by atoms with Gasteiger partial charge in [-0.2, -0.15) is 0 Å². The number of rotatable bonds is 10. The van der Waals surface area contributed by atoms with E-state index < -0.39 is 0 Å².